The predicted octanol–water partition coefficient (Wildman–Crippen LogP) is 4.21. The summed E-state index contributed by atoms with van der Waals surface area (Å²) in [5, 5.41) is 7.32. The topological polar surface area (TPSA) is 62.5 Å². The van der Waals surface area contributed by atoms with E-state index in [0.717, 1.165) is 23.0 Å². The molecule has 0 spiro atoms. The van der Waals surface area contributed by atoms with Crippen LogP contribution < -0.4 is 10.6 Å². The number of rotatable bonds is 5. The summed E-state index contributed by atoms with van der Waals surface area (Å²) in [7, 11) is 1.75. The number of aryl methyl sites for hydroxylation is 2. The average molecular weight is 477 g/mol. The van der Waals surface area contributed by atoms with E-state index in [-0.39, 0.29) is 29.4 Å². The molecular formula is C18H26ClIN4O. The summed E-state index contributed by atoms with van der Waals surface area (Å²) in [5.41, 5.74) is 2.07. The van der Waals surface area contributed by atoms with Gasteiger partial charge < -0.3 is 15.1 Å². The first-order valence-electron chi connectivity index (χ1n) is 7.95. The monoisotopic (exact) mass is 476 g/mol. The van der Waals surface area contributed by atoms with Crippen molar-refractivity contribution in [1.29, 1.82) is 0 Å². The number of nitrogens with one attached hydrogen (secondary N) is 2. The Bertz CT molecular complexity index is 691. The largest absolute Gasteiger partial charge is 0.444 e. The Morgan fingerprint density at radius 1 is 1.20 bits per heavy atom. The van der Waals surface area contributed by atoms with Crippen LogP contribution in [0.4, 0.5) is 0 Å². The third kappa shape index (κ3) is 6.18. The van der Waals surface area contributed by atoms with E-state index >= 15 is 0 Å². The third-order valence-electron chi connectivity index (χ3n) is 4.03. The summed E-state index contributed by atoms with van der Waals surface area (Å²) in [6.07, 6.45) is 0. The van der Waals surface area contributed by atoms with Crippen LogP contribution in [0, 0.1) is 13.8 Å². The average Bonchev–Trinajstić information content (AvgIpc) is 2.86. The van der Waals surface area contributed by atoms with Crippen molar-refractivity contribution in [1.82, 2.24) is 15.6 Å². The molecule has 2 N–H and O–H groups in total. The molecule has 25 heavy (non-hydrogen) atoms. The van der Waals surface area contributed by atoms with E-state index in [1.165, 1.54) is 5.56 Å². The summed E-state index contributed by atoms with van der Waals surface area (Å²) in [4.78, 5) is 8.60. The maximum absolute atomic E-state index is 5.96. The number of hydrogen-bond donors (Lipinski definition) is 2. The lowest BCUT2D eigenvalue weighted by molar-refractivity contribution is 0.461. The van der Waals surface area contributed by atoms with Crippen molar-refractivity contribution in [3.8, 4) is 0 Å². The van der Waals surface area contributed by atoms with Gasteiger partial charge in [0.15, 0.2) is 5.96 Å². The molecule has 0 aliphatic heterocycles. The highest BCUT2D eigenvalue weighted by atomic mass is 127. The van der Waals surface area contributed by atoms with Crippen molar-refractivity contribution in [2.45, 2.75) is 39.7 Å². The van der Waals surface area contributed by atoms with Crippen molar-refractivity contribution in [2.75, 3.05) is 13.6 Å². The van der Waals surface area contributed by atoms with Gasteiger partial charge in [-0.3, -0.25) is 4.99 Å². The SMILES string of the molecule is CN=C(NCc1nc(C)c(C)o1)NCC(C)(C)c1ccc(Cl)cc1.I. The lowest BCUT2D eigenvalue weighted by atomic mass is 9.85. The molecular weight excluding hydrogens is 451 g/mol. The van der Waals surface area contributed by atoms with Crippen LogP contribution in [0.3, 0.4) is 0 Å². The first kappa shape index (κ1) is 21.8. The fraction of sp³-hybridized carbons (Fsp3) is 0.444. The molecule has 0 aliphatic rings. The van der Waals surface area contributed by atoms with E-state index in [1.807, 2.05) is 26.0 Å². The zero-order valence-electron chi connectivity index (χ0n) is 15.3. The summed E-state index contributed by atoms with van der Waals surface area (Å²) in [6, 6.07) is 7.94. The van der Waals surface area contributed by atoms with Crippen LogP contribution in [0.2, 0.25) is 5.02 Å². The molecule has 5 nitrogen and oxygen atoms in total. The van der Waals surface area contributed by atoms with Gasteiger partial charge in [0.1, 0.15) is 5.76 Å². The van der Waals surface area contributed by atoms with Crippen molar-refractivity contribution >= 4 is 41.5 Å². The number of hydrogen-bond acceptors (Lipinski definition) is 3. The molecule has 138 valence electrons. The van der Waals surface area contributed by atoms with Crippen LogP contribution in [0.5, 0.6) is 0 Å². The normalized spacial score (nSPS) is 11.8. The number of nitrogens with zero attached hydrogens (tertiary/aromatic N) is 2. The Hall–Kier alpha value is -1.28. The maximum Gasteiger partial charge on any atom is 0.214 e. The second-order valence-corrected chi connectivity index (χ2v) is 6.86. The van der Waals surface area contributed by atoms with Gasteiger partial charge in [-0.2, -0.15) is 0 Å². The maximum atomic E-state index is 5.96. The highest BCUT2D eigenvalue weighted by molar-refractivity contribution is 14.0. The Kier molecular flexibility index (Phi) is 8.21. The van der Waals surface area contributed by atoms with Crippen molar-refractivity contribution < 1.29 is 4.42 Å². The molecule has 0 bridgehead atoms. The predicted molar refractivity (Wildman–Crippen MR) is 114 cm³/mol. The summed E-state index contributed by atoms with van der Waals surface area (Å²) in [5.74, 6) is 2.22. The lowest BCUT2D eigenvalue weighted by Crippen LogP contribution is -2.43. The van der Waals surface area contributed by atoms with E-state index in [0.29, 0.717) is 18.4 Å². The molecule has 0 fully saturated rings. The number of aromatic nitrogens is 1. The van der Waals surface area contributed by atoms with Gasteiger partial charge in [-0.25, -0.2) is 4.98 Å². The zero-order chi connectivity index (χ0) is 17.7. The van der Waals surface area contributed by atoms with Gasteiger partial charge >= 0.3 is 0 Å². The fourth-order valence-electron chi connectivity index (χ4n) is 2.30. The summed E-state index contributed by atoms with van der Waals surface area (Å²) in [6.45, 7) is 9.43. The highest BCUT2D eigenvalue weighted by Gasteiger charge is 2.21. The van der Waals surface area contributed by atoms with Crippen molar-refractivity contribution in [2.24, 2.45) is 4.99 Å². The molecule has 1 aromatic heterocycles. The van der Waals surface area contributed by atoms with E-state index in [2.05, 4.69) is 46.6 Å². The van der Waals surface area contributed by atoms with Gasteiger partial charge in [0.25, 0.3) is 0 Å². The first-order chi connectivity index (χ1) is 11.3. The molecule has 1 heterocycles. The second-order valence-electron chi connectivity index (χ2n) is 6.42. The van der Waals surface area contributed by atoms with Gasteiger partial charge in [-0.05, 0) is 31.5 Å². The van der Waals surface area contributed by atoms with Gasteiger partial charge in [-0.15, -0.1) is 24.0 Å². The second kappa shape index (κ2) is 9.43. The van der Waals surface area contributed by atoms with E-state index in [4.69, 9.17) is 16.0 Å². The first-order valence-corrected chi connectivity index (χ1v) is 8.33. The Morgan fingerprint density at radius 2 is 1.84 bits per heavy atom. The van der Waals surface area contributed by atoms with Crippen LogP contribution in [0.25, 0.3) is 0 Å². The number of benzene rings is 1. The Morgan fingerprint density at radius 3 is 2.36 bits per heavy atom. The van der Waals surface area contributed by atoms with Gasteiger partial charge in [0.2, 0.25) is 5.89 Å². The Balaban J connectivity index is 0.00000312. The number of halogens is 2. The number of aliphatic imine (C=N–C) groups is 1. The minimum atomic E-state index is -0.0572. The number of oxazole rings is 1. The minimum absolute atomic E-state index is 0. The van der Waals surface area contributed by atoms with E-state index in [1.54, 1.807) is 7.05 Å². The quantitative estimate of drug-likeness (QED) is 0.386. The molecule has 0 aliphatic carbocycles. The summed E-state index contributed by atoms with van der Waals surface area (Å²) >= 11 is 5.96. The van der Waals surface area contributed by atoms with Gasteiger partial charge in [0, 0.05) is 24.0 Å². The molecule has 2 aromatic rings. The molecule has 0 amide bonds. The van der Waals surface area contributed by atoms with Gasteiger partial charge in [-0.1, -0.05) is 37.6 Å². The van der Waals surface area contributed by atoms with Crippen molar-refractivity contribution in [3.05, 3.63) is 52.2 Å². The van der Waals surface area contributed by atoms with E-state index in [9.17, 15) is 0 Å². The smallest absolute Gasteiger partial charge is 0.214 e. The molecule has 0 saturated carbocycles. The van der Waals surface area contributed by atoms with E-state index < -0.39 is 0 Å². The summed E-state index contributed by atoms with van der Waals surface area (Å²) < 4.78 is 5.57. The third-order valence-corrected chi connectivity index (χ3v) is 4.28. The standard InChI is InChI=1S/C18H25ClN4O.HI/c1-12-13(2)24-16(23-12)10-21-17(20-5)22-11-18(3,4)14-6-8-15(19)9-7-14;/h6-9H,10-11H2,1-5H3,(H2,20,21,22);1H. The van der Waals surface area contributed by atoms with Crippen LogP contribution in [-0.4, -0.2) is 24.5 Å². The van der Waals surface area contributed by atoms with Crippen LogP contribution in [0.1, 0.15) is 36.8 Å². The molecule has 0 atom stereocenters. The molecule has 0 saturated heterocycles. The Labute approximate surface area is 171 Å². The highest BCUT2D eigenvalue weighted by Crippen LogP contribution is 2.23. The molecule has 1 aromatic carbocycles. The van der Waals surface area contributed by atoms with Crippen LogP contribution >= 0.6 is 35.6 Å². The molecule has 2 rings (SSSR count). The van der Waals surface area contributed by atoms with Crippen LogP contribution in [0.15, 0.2) is 33.7 Å². The molecule has 0 radical (unpaired) electrons. The fourth-order valence-corrected chi connectivity index (χ4v) is 2.43. The lowest BCUT2D eigenvalue weighted by Gasteiger charge is -2.26. The molecule has 7 heteroatoms. The van der Waals surface area contributed by atoms with Crippen LogP contribution in [-0.2, 0) is 12.0 Å². The van der Waals surface area contributed by atoms with Crippen molar-refractivity contribution in [3.63, 3.8) is 0 Å². The minimum Gasteiger partial charge on any atom is -0.444 e. The van der Waals surface area contributed by atoms with Gasteiger partial charge in [0.05, 0.1) is 12.2 Å². The zero-order valence-corrected chi connectivity index (χ0v) is 18.4. The molecule has 0 unspecified atom stereocenters. The number of guanidine groups is 1.